The van der Waals surface area contributed by atoms with Crippen molar-refractivity contribution < 1.29 is 8.42 Å². The third-order valence-corrected chi connectivity index (χ3v) is 4.34. The molecule has 0 aliphatic rings. The second-order valence-corrected chi connectivity index (χ2v) is 5.84. The summed E-state index contributed by atoms with van der Waals surface area (Å²) in [6.45, 7) is 0. The van der Waals surface area contributed by atoms with Crippen LogP contribution >= 0.6 is 23.2 Å². The lowest BCUT2D eigenvalue weighted by Crippen LogP contribution is -2.13. The number of H-pyrrole nitrogens is 1. The zero-order valence-electron chi connectivity index (χ0n) is 8.81. The lowest BCUT2D eigenvalue weighted by atomic mass is 10.3. The highest BCUT2D eigenvalue weighted by Gasteiger charge is 2.22. The second kappa shape index (κ2) is 4.68. The summed E-state index contributed by atoms with van der Waals surface area (Å²) in [7, 11) is -3.89. The monoisotopic (exact) mass is 306 g/mol. The molecule has 9 heteroatoms. The highest BCUT2D eigenvalue weighted by molar-refractivity contribution is 7.93. The number of aromatic amines is 1. The van der Waals surface area contributed by atoms with Crippen LogP contribution in [0.5, 0.6) is 0 Å². The number of halogens is 2. The van der Waals surface area contributed by atoms with Crippen molar-refractivity contribution in [1.82, 2.24) is 10.2 Å². The summed E-state index contributed by atoms with van der Waals surface area (Å²) in [5.41, 5.74) is 6.07. The van der Waals surface area contributed by atoms with E-state index in [0.29, 0.717) is 0 Å². The van der Waals surface area contributed by atoms with Gasteiger partial charge in [-0.25, -0.2) is 8.42 Å². The van der Waals surface area contributed by atoms with Gasteiger partial charge < -0.3 is 5.73 Å². The predicted molar refractivity (Wildman–Crippen MR) is 70.3 cm³/mol. The molecule has 0 amide bonds. The Bertz CT molecular complexity index is 647. The van der Waals surface area contributed by atoms with Crippen LogP contribution in [0.2, 0.25) is 10.0 Å². The van der Waals surface area contributed by atoms with Crippen molar-refractivity contribution in [1.29, 1.82) is 0 Å². The maximum absolute atomic E-state index is 12.1. The SMILES string of the molecule is Nc1cc(Cl)c(S(=O)(=O)Nc2cn[nH]c2)c(Cl)c1. The van der Waals surface area contributed by atoms with Crippen LogP contribution in [0, 0.1) is 0 Å². The maximum Gasteiger partial charge on any atom is 0.264 e. The summed E-state index contributed by atoms with van der Waals surface area (Å²) in [5, 5.41) is 6.01. The lowest BCUT2D eigenvalue weighted by Gasteiger charge is -2.10. The number of nitrogen functional groups attached to an aromatic ring is 1. The topological polar surface area (TPSA) is 101 Å². The van der Waals surface area contributed by atoms with E-state index in [2.05, 4.69) is 14.9 Å². The molecule has 18 heavy (non-hydrogen) atoms. The van der Waals surface area contributed by atoms with Crippen molar-refractivity contribution in [2.45, 2.75) is 4.90 Å². The molecule has 0 aliphatic carbocycles. The zero-order chi connectivity index (χ0) is 13.3. The molecule has 1 aromatic heterocycles. The molecule has 2 rings (SSSR count). The fourth-order valence-electron chi connectivity index (χ4n) is 1.35. The normalized spacial score (nSPS) is 11.4. The molecule has 0 bridgehead atoms. The highest BCUT2D eigenvalue weighted by atomic mass is 35.5. The van der Waals surface area contributed by atoms with Crippen molar-refractivity contribution in [2.75, 3.05) is 10.5 Å². The van der Waals surface area contributed by atoms with Crippen LogP contribution in [0.25, 0.3) is 0 Å². The van der Waals surface area contributed by atoms with Gasteiger partial charge in [0, 0.05) is 11.9 Å². The quantitative estimate of drug-likeness (QED) is 0.756. The number of hydrogen-bond donors (Lipinski definition) is 3. The van der Waals surface area contributed by atoms with E-state index in [0.717, 1.165) is 0 Å². The molecule has 6 nitrogen and oxygen atoms in total. The van der Waals surface area contributed by atoms with Crippen LogP contribution in [0.1, 0.15) is 0 Å². The van der Waals surface area contributed by atoms with E-state index in [4.69, 9.17) is 28.9 Å². The molecular formula is C9H8Cl2N4O2S. The number of sulfonamides is 1. The summed E-state index contributed by atoms with van der Waals surface area (Å²) in [5.74, 6) is 0. The third-order valence-electron chi connectivity index (χ3n) is 2.04. The van der Waals surface area contributed by atoms with Crippen molar-refractivity contribution in [2.24, 2.45) is 0 Å². The maximum atomic E-state index is 12.1. The molecule has 96 valence electrons. The molecule has 0 fully saturated rings. The van der Waals surface area contributed by atoms with Crippen LogP contribution in [0.15, 0.2) is 29.4 Å². The minimum Gasteiger partial charge on any atom is -0.399 e. The number of benzene rings is 1. The minimum absolute atomic E-state index is 0.0454. The van der Waals surface area contributed by atoms with E-state index in [9.17, 15) is 8.42 Å². The van der Waals surface area contributed by atoms with Crippen LogP contribution in [-0.2, 0) is 10.0 Å². The van der Waals surface area contributed by atoms with Crippen molar-refractivity contribution in [3.8, 4) is 0 Å². The average molecular weight is 307 g/mol. The van der Waals surface area contributed by atoms with E-state index in [1.165, 1.54) is 24.5 Å². The van der Waals surface area contributed by atoms with Gasteiger partial charge in [0.25, 0.3) is 10.0 Å². The molecule has 2 aromatic rings. The highest BCUT2D eigenvalue weighted by Crippen LogP contribution is 2.32. The Morgan fingerprint density at radius 2 is 1.89 bits per heavy atom. The number of nitrogens with zero attached hydrogens (tertiary/aromatic N) is 1. The fourth-order valence-corrected chi connectivity index (χ4v) is 3.62. The van der Waals surface area contributed by atoms with Crippen LogP contribution in [-0.4, -0.2) is 18.6 Å². The first-order valence-corrected chi connectivity index (χ1v) is 6.90. The summed E-state index contributed by atoms with van der Waals surface area (Å²) in [6.07, 6.45) is 2.70. The molecule has 0 unspecified atom stereocenters. The van der Waals surface area contributed by atoms with Gasteiger partial charge in [-0.2, -0.15) is 5.10 Å². The first-order valence-electron chi connectivity index (χ1n) is 4.66. The number of hydrogen-bond acceptors (Lipinski definition) is 4. The van der Waals surface area contributed by atoms with Gasteiger partial charge >= 0.3 is 0 Å². The molecule has 4 N–H and O–H groups in total. The Kier molecular flexibility index (Phi) is 3.38. The van der Waals surface area contributed by atoms with E-state index >= 15 is 0 Å². The van der Waals surface area contributed by atoms with Gasteiger partial charge in [0.15, 0.2) is 0 Å². The van der Waals surface area contributed by atoms with E-state index in [1.807, 2.05) is 0 Å². The largest absolute Gasteiger partial charge is 0.399 e. The second-order valence-electron chi connectivity index (χ2n) is 3.41. The Hall–Kier alpha value is -1.44. The van der Waals surface area contributed by atoms with Gasteiger partial charge in [0.05, 0.1) is 21.9 Å². The Morgan fingerprint density at radius 1 is 1.28 bits per heavy atom. The summed E-state index contributed by atoms with van der Waals surface area (Å²) in [6, 6.07) is 2.63. The standard InChI is InChI=1S/C9H8Cl2N4O2S/c10-7-1-5(12)2-8(11)9(7)18(16,17)15-6-3-13-14-4-6/h1-4,15H,12H2,(H,13,14). The number of anilines is 2. The molecular weight excluding hydrogens is 299 g/mol. The minimum atomic E-state index is -3.89. The van der Waals surface area contributed by atoms with Gasteiger partial charge in [-0.15, -0.1) is 0 Å². The first kappa shape index (κ1) is 13.0. The molecule has 0 saturated heterocycles. The molecule has 0 aliphatic heterocycles. The molecule has 0 radical (unpaired) electrons. The summed E-state index contributed by atoms with van der Waals surface area (Å²) < 4.78 is 26.5. The molecule has 0 saturated carbocycles. The van der Waals surface area contributed by atoms with Gasteiger partial charge in [0.2, 0.25) is 0 Å². The van der Waals surface area contributed by atoms with Crippen molar-refractivity contribution in [3.63, 3.8) is 0 Å². The Labute approximate surface area is 113 Å². The van der Waals surface area contributed by atoms with Gasteiger partial charge in [-0.3, -0.25) is 9.82 Å². The van der Waals surface area contributed by atoms with Gasteiger partial charge in [-0.1, -0.05) is 23.2 Å². The number of rotatable bonds is 3. The molecule has 0 atom stereocenters. The number of nitrogens with one attached hydrogen (secondary N) is 2. The Morgan fingerprint density at radius 3 is 2.39 bits per heavy atom. The number of nitrogens with two attached hydrogens (primary N) is 1. The molecule has 1 aromatic carbocycles. The molecule has 1 heterocycles. The van der Waals surface area contributed by atoms with Crippen molar-refractivity contribution in [3.05, 3.63) is 34.6 Å². The summed E-state index contributed by atoms with van der Waals surface area (Å²) >= 11 is 11.7. The zero-order valence-corrected chi connectivity index (χ0v) is 11.1. The van der Waals surface area contributed by atoms with Crippen LogP contribution in [0.3, 0.4) is 0 Å². The molecule has 0 spiro atoms. The van der Waals surface area contributed by atoms with Gasteiger partial charge in [0.1, 0.15) is 4.90 Å². The predicted octanol–water partition coefficient (Wildman–Crippen LogP) is 2.10. The third kappa shape index (κ3) is 2.53. The van der Waals surface area contributed by atoms with Crippen LogP contribution in [0.4, 0.5) is 11.4 Å². The lowest BCUT2D eigenvalue weighted by molar-refractivity contribution is 0.601. The van der Waals surface area contributed by atoms with E-state index < -0.39 is 10.0 Å². The van der Waals surface area contributed by atoms with Crippen molar-refractivity contribution >= 4 is 44.6 Å². The van der Waals surface area contributed by atoms with E-state index in [1.54, 1.807) is 0 Å². The Balaban J connectivity index is 2.48. The first-order chi connectivity index (χ1) is 8.40. The fraction of sp³-hybridized carbons (Fsp3) is 0. The smallest absolute Gasteiger partial charge is 0.264 e. The van der Waals surface area contributed by atoms with Gasteiger partial charge in [-0.05, 0) is 12.1 Å². The van der Waals surface area contributed by atoms with E-state index in [-0.39, 0.29) is 26.3 Å². The summed E-state index contributed by atoms with van der Waals surface area (Å²) in [4.78, 5) is -0.221. The number of aromatic nitrogens is 2. The van der Waals surface area contributed by atoms with Crippen LogP contribution < -0.4 is 10.5 Å². The average Bonchev–Trinajstić information content (AvgIpc) is 2.66.